The average molecular weight is 228 g/mol. The molecule has 0 aliphatic heterocycles. The van der Waals surface area contributed by atoms with Gasteiger partial charge in [0, 0.05) is 0 Å². The first-order valence-electron chi connectivity index (χ1n) is 5.72. The first-order valence-corrected chi connectivity index (χ1v) is 6.50. The van der Waals surface area contributed by atoms with E-state index in [9.17, 15) is 5.11 Å². The van der Waals surface area contributed by atoms with Crippen molar-refractivity contribution < 1.29 is 5.11 Å². The van der Waals surface area contributed by atoms with E-state index in [2.05, 4.69) is 16.5 Å². The van der Waals surface area contributed by atoms with Crippen LogP contribution in [0.3, 0.4) is 0 Å². The monoisotopic (exact) mass is 228 g/mol. The molecule has 3 nitrogen and oxygen atoms in total. The predicted octanol–water partition coefficient (Wildman–Crippen LogP) is 3.24. The standard InChI is InChI=1S/C11H20N2OS/c1-3-4-5-6-7-8-10(14)11-9(2)12-13-15-11/h10,14H,3-8H2,1-2H3. The molecular weight excluding hydrogens is 208 g/mol. The third-order valence-electron chi connectivity index (χ3n) is 2.57. The second-order valence-corrected chi connectivity index (χ2v) is 4.73. The second-order valence-electron chi connectivity index (χ2n) is 3.94. The van der Waals surface area contributed by atoms with Gasteiger partial charge in [0.25, 0.3) is 0 Å². The summed E-state index contributed by atoms with van der Waals surface area (Å²) in [7, 11) is 0. The van der Waals surface area contributed by atoms with E-state index in [0.717, 1.165) is 23.4 Å². The fraction of sp³-hybridized carbons (Fsp3) is 0.818. The normalized spacial score (nSPS) is 13.0. The Morgan fingerprint density at radius 2 is 2.00 bits per heavy atom. The quantitative estimate of drug-likeness (QED) is 0.729. The van der Waals surface area contributed by atoms with Crippen LogP contribution in [0.1, 0.15) is 62.1 Å². The Morgan fingerprint density at radius 1 is 1.27 bits per heavy atom. The molecule has 0 radical (unpaired) electrons. The summed E-state index contributed by atoms with van der Waals surface area (Å²) in [6, 6.07) is 0. The molecule has 1 aromatic rings. The van der Waals surface area contributed by atoms with Crippen LogP contribution in [0.5, 0.6) is 0 Å². The van der Waals surface area contributed by atoms with E-state index in [0.29, 0.717) is 0 Å². The lowest BCUT2D eigenvalue weighted by Crippen LogP contribution is -1.96. The first kappa shape index (κ1) is 12.6. The van der Waals surface area contributed by atoms with Gasteiger partial charge in [-0.1, -0.05) is 43.5 Å². The van der Waals surface area contributed by atoms with E-state index in [1.54, 1.807) is 0 Å². The Balaban J connectivity index is 2.19. The Labute approximate surface area is 95.7 Å². The molecule has 1 N–H and O–H groups in total. The molecule has 0 saturated heterocycles. The van der Waals surface area contributed by atoms with Crippen molar-refractivity contribution in [2.45, 2.75) is 58.5 Å². The molecule has 1 unspecified atom stereocenters. The fourth-order valence-electron chi connectivity index (χ4n) is 1.62. The van der Waals surface area contributed by atoms with Gasteiger partial charge in [0.05, 0.1) is 16.7 Å². The molecule has 0 aliphatic carbocycles. The molecule has 15 heavy (non-hydrogen) atoms. The summed E-state index contributed by atoms with van der Waals surface area (Å²) in [5.41, 5.74) is 0.876. The summed E-state index contributed by atoms with van der Waals surface area (Å²) in [6.07, 6.45) is 6.65. The smallest absolute Gasteiger partial charge is 0.0917 e. The summed E-state index contributed by atoms with van der Waals surface area (Å²) in [5, 5.41) is 13.8. The van der Waals surface area contributed by atoms with Crippen molar-refractivity contribution in [1.29, 1.82) is 0 Å². The molecule has 86 valence electrons. The molecule has 1 rings (SSSR count). The van der Waals surface area contributed by atoms with E-state index < -0.39 is 0 Å². The molecule has 0 aliphatic rings. The summed E-state index contributed by atoms with van der Waals surface area (Å²) < 4.78 is 3.83. The predicted molar refractivity (Wildman–Crippen MR) is 63.0 cm³/mol. The van der Waals surface area contributed by atoms with Crippen LogP contribution in [-0.2, 0) is 0 Å². The van der Waals surface area contributed by atoms with Gasteiger partial charge >= 0.3 is 0 Å². The minimum Gasteiger partial charge on any atom is -0.387 e. The molecule has 1 heterocycles. The SMILES string of the molecule is CCCCCCCC(O)c1snnc1C. The molecule has 0 fully saturated rings. The van der Waals surface area contributed by atoms with Gasteiger partial charge in [-0.25, -0.2) is 0 Å². The summed E-state index contributed by atoms with van der Waals surface area (Å²) in [6.45, 7) is 4.11. The van der Waals surface area contributed by atoms with Crippen LogP contribution in [0.2, 0.25) is 0 Å². The highest BCUT2D eigenvalue weighted by Gasteiger charge is 2.13. The molecule has 0 amide bonds. The van der Waals surface area contributed by atoms with Crippen LogP contribution in [0.4, 0.5) is 0 Å². The first-order chi connectivity index (χ1) is 7.25. The third-order valence-corrected chi connectivity index (χ3v) is 3.50. The van der Waals surface area contributed by atoms with E-state index in [4.69, 9.17) is 0 Å². The lowest BCUT2D eigenvalue weighted by molar-refractivity contribution is 0.166. The van der Waals surface area contributed by atoms with Gasteiger partial charge in [0.15, 0.2) is 0 Å². The highest BCUT2D eigenvalue weighted by atomic mass is 32.1. The molecule has 1 atom stereocenters. The Morgan fingerprint density at radius 3 is 2.60 bits per heavy atom. The number of hydrogen-bond acceptors (Lipinski definition) is 4. The van der Waals surface area contributed by atoms with Gasteiger partial charge in [-0.05, 0) is 24.9 Å². The number of unbranched alkanes of at least 4 members (excludes halogenated alkanes) is 4. The van der Waals surface area contributed by atoms with Gasteiger partial charge in [-0.3, -0.25) is 0 Å². The van der Waals surface area contributed by atoms with E-state index in [1.807, 2.05) is 6.92 Å². The van der Waals surface area contributed by atoms with Gasteiger partial charge < -0.3 is 5.11 Å². The Kier molecular flexibility index (Phi) is 5.79. The number of aromatic nitrogens is 2. The zero-order valence-corrected chi connectivity index (χ0v) is 10.4. The lowest BCUT2D eigenvalue weighted by Gasteiger charge is -2.07. The largest absolute Gasteiger partial charge is 0.387 e. The van der Waals surface area contributed by atoms with E-state index in [1.165, 1.54) is 37.2 Å². The Hall–Kier alpha value is -0.480. The highest BCUT2D eigenvalue weighted by Crippen LogP contribution is 2.24. The zero-order valence-electron chi connectivity index (χ0n) is 9.57. The summed E-state index contributed by atoms with van der Waals surface area (Å²) in [5.74, 6) is 0. The summed E-state index contributed by atoms with van der Waals surface area (Å²) >= 11 is 1.31. The molecule has 1 aromatic heterocycles. The summed E-state index contributed by atoms with van der Waals surface area (Å²) in [4.78, 5) is 0.936. The van der Waals surface area contributed by atoms with Crippen LogP contribution in [0.15, 0.2) is 0 Å². The van der Waals surface area contributed by atoms with E-state index >= 15 is 0 Å². The minimum absolute atomic E-state index is 0.355. The van der Waals surface area contributed by atoms with Gasteiger partial charge in [0.2, 0.25) is 0 Å². The van der Waals surface area contributed by atoms with Crippen molar-refractivity contribution in [3.63, 3.8) is 0 Å². The topological polar surface area (TPSA) is 46.0 Å². The second kappa shape index (κ2) is 6.90. The number of hydrogen-bond donors (Lipinski definition) is 1. The molecule has 0 spiro atoms. The van der Waals surface area contributed by atoms with Crippen molar-refractivity contribution in [2.75, 3.05) is 0 Å². The average Bonchev–Trinajstić information content (AvgIpc) is 2.64. The molecular formula is C11H20N2OS. The molecule has 0 saturated carbocycles. The van der Waals surface area contributed by atoms with Crippen molar-refractivity contribution in [1.82, 2.24) is 9.59 Å². The van der Waals surface area contributed by atoms with Crippen LogP contribution < -0.4 is 0 Å². The van der Waals surface area contributed by atoms with Crippen LogP contribution in [-0.4, -0.2) is 14.7 Å². The van der Waals surface area contributed by atoms with Gasteiger partial charge in [-0.2, -0.15) is 0 Å². The van der Waals surface area contributed by atoms with Crippen LogP contribution in [0, 0.1) is 6.92 Å². The van der Waals surface area contributed by atoms with Gasteiger partial charge in [-0.15, -0.1) is 5.10 Å². The molecule has 0 aromatic carbocycles. The molecule has 0 bridgehead atoms. The number of aliphatic hydroxyl groups excluding tert-OH is 1. The van der Waals surface area contributed by atoms with Crippen molar-refractivity contribution >= 4 is 11.5 Å². The third kappa shape index (κ3) is 4.26. The Bertz CT molecular complexity index is 275. The highest BCUT2D eigenvalue weighted by molar-refractivity contribution is 7.05. The number of aliphatic hydroxyl groups is 1. The number of aryl methyl sites for hydroxylation is 1. The van der Waals surface area contributed by atoms with Crippen molar-refractivity contribution in [2.24, 2.45) is 0 Å². The maximum Gasteiger partial charge on any atom is 0.0917 e. The minimum atomic E-state index is -0.355. The van der Waals surface area contributed by atoms with Gasteiger partial charge in [0.1, 0.15) is 0 Å². The maximum absolute atomic E-state index is 9.88. The maximum atomic E-state index is 9.88. The van der Waals surface area contributed by atoms with Crippen molar-refractivity contribution in [3.8, 4) is 0 Å². The molecule has 4 heteroatoms. The lowest BCUT2D eigenvalue weighted by atomic mass is 10.1. The van der Waals surface area contributed by atoms with Crippen LogP contribution in [0.25, 0.3) is 0 Å². The zero-order chi connectivity index (χ0) is 11.1. The number of nitrogens with zero attached hydrogens (tertiary/aromatic N) is 2. The van der Waals surface area contributed by atoms with Crippen LogP contribution >= 0.6 is 11.5 Å². The van der Waals surface area contributed by atoms with E-state index in [-0.39, 0.29) is 6.10 Å². The number of rotatable bonds is 7. The van der Waals surface area contributed by atoms with Crippen molar-refractivity contribution in [3.05, 3.63) is 10.6 Å². The fourth-order valence-corrected chi connectivity index (χ4v) is 2.28.